The van der Waals surface area contributed by atoms with Crippen LogP contribution in [0.5, 0.6) is 5.75 Å². The first-order valence-corrected chi connectivity index (χ1v) is 8.02. The van der Waals surface area contributed by atoms with Gasteiger partial charge in [0.2, 0.25) is 0 Å². The zero-order valence-electron chi connectivity index (χ0n) is 13.6. The largest absolute Gasteiger partial charge is 0.508 e. The highest BCUT2D eigenvalue weighted by Crippen LogP contribution is 2.48. The van der Waals surface area contributed by atoms with Crippen LogP contribution in [0.1, 0.15) is 28.5 Å². The lowest BCUT2D eigenvalue weighted by atomic mass is 9.76. The van der Waals surface area contributed by atoms with Crippen LogP contribution >= 0.6 is 0 Å². The minimum absolute atomic E-state index is 0.0131. The minimum Gasteiger partial charge on any atom is -0.508 e. The van der Waals surface area contributed by atoms with Crippen LogP contribution in [0.4, 0.5) is 17.6 Å². The van der Waals surface area contributed by atoms with Gasteiger partial charge < -0.3 is 5.11 Å². The van der Waals surface area contributed by atoms with Gasteiger partial charge in [-0.2, -0.15) is 13.2 Å². The maximum Gasteiger partial charge on any atom is 0.396 e. The summed E-state index contributed by atoms with van der Waals surface area (Å²) in [5.74, 6) is -3.49. The maximum absolute atomic E-state index is 14.1. The van der Waals surface area contributed by atoms with Gasteiger partial charge >= 0.3 is 6.18 Å². The van der Waals surface area contributed by atoms with Gasteiger partial charge in [0, 0.05) is 5.92 Å². The smallest absolute Gasteiger partial charge is 0.396 e. The van der Waals surface area contributed by atoms with E-state index in [0.717, 1.165) is 12.1 Å². The van der Waals surface area contributed by atoms with Gasteiger partial charge in [-0.05, 0) is 41.0 Å². The Morgan fingerprint density at radius 2 is 1.15 bits per heavy atom. The van der Waals surface area contributed by atoms with E-state index < -0.39 is 23.8 Å². The van der Waals surface area contributed by atoms with Crippen LogP contribution in [0.25, 0.3) is 0 Å². The van der Waals surface area contributed by atoms with Gasteiger partial charge in [-0.3, -0.25) is 0 Å². The van der Waals surface area contributed by atoms with Crippen LogP contribution in [0, 0.1) is 5.82 Å². The number of hydrogen-bond donors (Lipinski definition) is 1. The molecule has 0 spiro atoms. The second-order valence-electron chi connectivity index (χ2n) is 6.05. The van der Waals surface area contributed by atoms with Gasteiger partial charge in [-0.25, -0.2) is 4.39 Å². The van der Waals surface area contributed by atoms with E-state index in [4.69, 9.17) is 0 Å². The summed E-state index contributed by atoms with van der Waals surface area (Å²) in [6, 6.07) is 18.5. The van der Waals surface area contributed by atoms with E-state index in [-0.39, 0.29) is 11.3 Å². The molecule has 0 aliphatic heterocycles. The molecule has 0 fully saturated rings. The first kappa shape index (κ1) is 18.0. The number of hydrogen-bond acceptors (Lipinski definition) is 1. The second-order valence-corrected chi connectivity index (χ2v) is 6.05. The monoisotopic (exact) mass is 360 g/mol. The highest BCUT2D eigenvalue weighted by molar-refractivity contribution is 5.41. The molecule has 0 radical (unpaired) electrons. The number of aromatic hydroxyl groups is 1. The van der Waals surface area contributed by atoms with Crippen molar-refractivity contribution >= 4 is 0 Å². The molecular weight excluding hydrogens is 344 g/mol. The van der Waals surface area contributed by atoms with Crippen LogP contribution in [-0.4, -0.2) is 11.3 Å². The van der Waals surface area contributed by atoms with Crippen LogP contribution in [0.3, 0.4) is 0 Å². The molecule has 2 atom stereocenters. The molecule has 3 aromatic carbocycles. The standard InChI is InChI=1S/C21H16F4O/c22-17-10-6-16(7-11-17)20(21(23,24)25)19(14-4-2-1-3-5-14)15-8-12-18(26)13-9-15/h1-13,19-20,26H. The number of rotatable bonds is 4. The molecule has 26 heavy (non-hydrogen) atoms. The van der Waals surface area contributed by atoms with Crippen molar-refractivity contribution in [1.82, 2.24) is 0 Å². The Kier molecular flexibility index (Phi) is 4.98. The summed E-state index contributed by atoms with van der Waals surface area (Å²) >= 11 is 0. The third-order valence-electron chi connectivity index (χ3n) is 4.33. The molecule has 1 N–H and O–H groups in total. The molecule has 0 aliphatic rings. The fourth-order valence-electron chi connectivity index (χ4n) is 3.16. The summed E-state index contributed by atoms with van der Waals surface area (Å²) < 4.78 is 55.4. The van der Waals surface area contributed by atoms with E-state index in [1.807, 2.05) is 0 Å². The summed E-state index contributed by atoms with van der Waals surface area (Å²) in [5, 5.41) is 9.49. The first-order chi connectivity index (χ1) is 12.4. The SMILES string of the molecule is Oc1ccc(C(c2ccccc2)C(c2ccc(F)cc2)C(F)(F)F)cc1. The van der Waals surface area contributed by atoms with E-state index in [2.05, 4.69) is 0 Å². The second kappa shape index (κ2) is 7.20. The number of halogens is 4. The Morgan fingerprint density at radius 1 is 0.654 bits per heavy atom. The summed E-state index contributed by atoms with van der Waals surface area (Å²) in [4.78, 5) is 0. The molecule has 0 amide bonds. The molecule has 3 rings (SSSR count). The Labute approximate surface area is 148 Å². The molecule has 0 heterocycles. The minimum atomic E-state index is -4.55. The Bertz CT molecular complexity index is 840. The van der Waals surface area contributed by atoms with E-state index in [0.29, 0.717) is 11.1 Å². The molecule has 0 saturated heterocycles. The maximum atomic E-state index is 14.1. The third-order valence-corrected chi connectivity index (χ3v) is 4.33. The van der Waals surface area contributed by atoms with Gasteiger partial charge in [0.05, 0.1) is 5.92 Å². The summed E-state index contributed by atoms with van der Waals surface area (Å²) in [6.07, 6.45) is -4.55. The van der Waals surface area contributed by atoms with E-state index >= 15 is 0 Å². The van der Waals surface area contributed by atoms with Crippen molar-refractivity contribution < 1.29 is 22.7 Å². The van der Waals surface area contributed by atoms with Crippen LogP contribution < -0.4 is 0 Å². The zero-order chi connectivity index (χ0) is 18.7. The lowest BCUT2D eigenvalue weighted by molar-refractivity contribution is -0.153. The molecule has 2 unspecified atom stereocenters. The predicted molar refractivity (Wildman–Crippen MR) is 91.6 cm³/mol. The summed E-state index contributed by atoms with van der Waals surface area (Å²) in [7, 11) is 0. The molecule has 0 saturated carbocycles. The van der Waals surface area contributed by atoms with Crippen molar-refractivity contribution in [3.05, 3.63) is 101 Å². The Hall–Kier alpha value is -2.82. The van der Waals surface area contributed by atoms with Crippen molar-refractivity contribution in [1.29, 1.82) is 0 Å². The first-order valence-electron chi connectivity index (χ1n) is 8.02. The quantitative estimate of drug-likeness (QED) is 0.565. The highest BCUT2D eigenvalue weighted by Gasteiger charge is 2.46. The van der Waals surface area contributed by atoms with Crippen LogP contribution in [-0.2, 0) is 0 Å². The van der Waals surface area contributed by atoms with Gasteiger partial charge in [0.1, 0.15) is 11.6 Å². The lowest BCUT2D eigenvalue weighted by Gasteiger charge is -2.30. The molecule has 5 heteroatoms. The van der Waals surface area contributed by atoms with Crippen molar-refractivity contribution in [3.8, 4) is 5.75 Å². The van der Waals surface area contributed by atoms with Crippen LogP contribution in [0.2, 0.25) is 0 Å². The van der Waals surface area contributed by atoms with E-state index in [1.54, 1.807) is 30.3 Å². The van der Waals surface area contributed by atoms with Gasteiger partial charge in [-0.1, -0.05) is 54.6 Å². The number of phenols is 1. The van der Waals surface area contributed by atoms with Gasteiger partial charge in [0.25, 0.3) is 0 Å². The molecule has 0 bridgehead atoms. The van der Waals surface area contributed by atoms with E-state index in [1.165, 1.54) is 36.4 Å². The fraction of sp³-hybridized carbons (Fsp3) is 0.143. The Balaban J connectivity index is 2.19. The van der Waals surface area contributed by atoms with Crippen molar-refractivity contribution in [2.45, 2.75) is 18.0 Å². The average molecular weight is 360 g/mol. The Morgan fingerprint density at radius 3 is 1.69 bits per heavy atom. The number of alkyl halides is 3. The lowest BCUT2D eigenvalue weighted by Crippen LogP contribution is -2.28. The van der Waals surface area contributed by atoms with E-state index in [9.17, 15) is 22.7 Å². The normalized spacial score (nSPS) is 14.0. The molecular formula is C21H16F4O. The molecule has 0 aliphatic carbocycles. The molecule has 0 aromatic heterocycles. The van der Waals surface area contributed by atoms with Crippen molar-refractivity contribution in [2.24, 2.45) is 0 Å². The summed E-state index contributed by atoms with van der Waals surface area (Å²) in [6.45, 7) is 0. The topological polar surface area (TPSA) is 20.2 Å². The van der Waals surface area contributed by atoms with Crippen molar-refractivity contribution in [2.75, 3.05) is 0 Å². The zero-order valence-corrected chi connectivity index (χ0v) is 13.6. The number of phenolic OH excluding ortho intramolecular Hbond substituents is 1. The molecule has 3 aromatic rings. The van der Waals surface area contributed by atoms with Gasteiger partial charge in [0.15, 0.2) is 0 Å². The van der Waals surface area contributed by atoms with Gasteiger partial charge in [-0.15, -0.1) is 0 Å². The average Bonchev–Trinajstić information content (AvgIpc) is 2.61. The fourth-order valence-corrected chi connectivity index (χ4v) is 3.16. The molecule has 1 nitrogen and oxygen atoms in total. The van der Waals surface area contributed by atoms with Crippen molar-refractivity contribution in [3.63, 3.8) is 0 Å². The number of benzene rings is 3. The third kappa shape index (κ3) is 3.87. The molecule has 134 valence electrons. The van der Waals surface area contributed by atoms with Crippen LogP contribution in [0.15, 0.2) is 78.9 Å². The summed E-state index contributed by atoms with van der Waals surface area (Å²) in [5.41, 5.74) is 0.895. The predicted octanol–water partition coefficient (Wildman–Crippen LogP) is 6.01. The highest BCUT2D eigenvalue weighted by atomic mass is 19.4.